The minimum atomic E-state index is -0.287. The highest BCUT2D eigenvalue weighted by molar-refractivity contribution is 5.66. The van der Waals surface area contributed by atoms with Crippen LogP contribution in [0.15, 0.2) is 24.3 Å². The molecule has 0 saturated carbocycles. The lowest BCUT2D eigenvalue weighted by Crippen LogP contribution is -2.23. The second-order valence-corrected chi connectivity index (χ2v) is 4.60. The number of hydrogen-bond acceptors (Lipinski definition) is 3. The molecule has 0 amide bonds. The minimum Gasteiger partial charge on any atom is -0.488 e. The van der Waals surface area contributed by atoms with Crippen molar-refractivity contribution in [2.75, 3.05) is 0 Å². The SMILES string of the molecule is CC(=O)OCc1ccccc1OC(C)(C)C. The number of esters is 1. The lowest BCUT2D eigenvalue weighted by Gasteiger charge is -2.23. The third-order valence-corrected chi connectivity index (χ3v) is 1.82. The van der Waals surface area contributed by atoms with Gasteiger partial charge in [-0.15, -0.1) is 0 Å². The first-order valence-electron chi connectivity index (χ1n) is 5.29. The third-order valence-electron chi connectivity index (χ3n) is 1.82. The summed E-state index contributed by atoms with van der Waals surface area (Å²) in [5.74, 6) is 0.474. The molecule has 0 fully saturated rings. The third kappa shape index (κ3) is 4.34. The molecule has 88 valence electrons. The number of carbonyl (C=O) groups excluding carboxylic acids is 1. The summed E-state index contributed by atoms with van der Waals surface area (Å²) >= 11 is 0. The molecule has 0 radical (unpaired) electrons. The summed E-state index contributed by atoms with van der Waals surface area (Å²) < 4.78 is 10.7. The smallest absolute Gasteiger partial charge is 0.302 e. The topological polar surface area (TPSA) is 35.5 Å². The molecule has 0 N–H and O–H groups in total. The Morgan fingerprint density at radius 1 is 1.25 bits per heavy atom. The molecule has 3 heteroatoms. The van der Waals surface area contributed by atoms with Gasteiger partial charge in [-0.05, 0) is 26.8 Å². The van der Waals surface area contributed by atoms with E-state index in [2.05, 4.69) is 0 Å². The van der Waals surface area contributed by atoms with E-state index in [9.17, 15) is 4.79 Å². The Hall–Kier alpha value is -1.51. The molecule has 0 unspecified atom stereocenters. The molecule has 1 aromatic carbocycles. The molecule has 0 aliphatic rings. The van der Waals surface area contributed by atoms with Crippen LogP contribution in [0.25, 0.3) is 0 Å². The van der Waals surface area contributed by atoms with Gasteiger partial charge in [-0.25, -0.2) is 0 Å². The van der Waals surface area contributed by atoms with Crippen LogP contribution in [0.1, 0.15) is 33.3 Å². The first kappa shape index (κ1) is 12.6. The molecular weight excluding hydrogens is 204 g/mol. The maximum Gasteiger partial charge on any atom is 0.302 e. The van der Waals surface area contributed by atoms with Crippen molar-refractivity contribution in [2.45, 2.75) is 39.9 Å². The molecule has 0 spiro atoms. The van der Waals surface area contributed by atoms with Crippen LogP contribution in [0.4, 0.5) is 0 Å². The second-order valence-electron chi connectivity index (χ2n) is 4.60. The van der Waals surface area contributed by atoms with E-state index in [-0.39, 0.29) is 18.2 Å². The minimum absolute atomic E-state index is 0.252. The number of benzene rings is 1. The van der Waals surface area contributed by atoms with Crippen LogP contribution in [0.5, 0.6) is 5.75 Å². The largest absolute Gasteiger partial charge is 0.488 e. The molecule has 0 atom stereocenters. The van der Waals surface area contributed by atoms with Gasteiger partial charge in [0.05, 0.1) is 0 Å². The Balaban J connectivity index is 2.79. The number of para-hydroxylation sites is 1. The van der Waals surface area contributed by atoms with E-state index in [1.54, 1.807) is 0 Å². The molecule has 1 aromatic rings. The predicted molar refractivity (Wildman–Crippen MR) is 62.3 cm³/mol. The number of rotatable bonds is 3. The average Bonchev–Trinajstić information content (AvgIpc) is 2.14. The average molecular weight is 222 g/mol. The zero-order valence-electron chi connectivity index (χ0n) is 10.2. The van der Waals surface area contributed by atoms with Crippen LogP contribution < -0.4 is 4.74 Å². The number of hydrogen-bond donors (Lipinski definition) is 0. The van der Waals surface area contributed by atoms with E-state index in [1.807, 2.05) is 45.0 Å². The predicted octanol–water partition coefficient (Wildman–Crippen LogP) is 2.93. The fourth-order valence-electron chi connectivity index (χ4n) is 1.23. The number of ether oxygens (including phenoxy) is 2. The molecule has 0 heterocycles. The number of carbonyl (C=O) groups is 1. The molecule has 0 aliphatic heterocycles. The summed E-state index contributed by atoms with van der Waals surface area (Å²) in [6, 6.07) is 7.57. The quantitative estimate of drug-likeness (QED) is 0.738. The highest BCUT2D eigenvalue weighted by atomic mass is 16.5. The summed E-state index contributed by atoms with van der Waals surface area (Å²) in [4.78, 5) is 10.8. The van der Waals surface area contributed by atoms with E-state index in [1.165, 1.54) is 6.92 Å². The van der Waals surface area contributed by atoms with Crippen LogP contribution in [-0.4, -0.2) is 11.6 Å². The van der Waals surface area contributed by atoms with Crippen LogP contribution >= 0.6 is 0 Å². The van der Waals surface area contributed by atoms with Crippen molar-refractivity contribution < 1.29 is 14.3 Å². The molecule has 0 aliphatic carbocycles. The van der Waals surface area contributed by atoms with Crippen LogP contribution in [-0.2, 0) is 16.1 Å². The first-order valence-corrected chi connectivity index (χ1v) is 5.29. The van der Waals surface area contributed by atoms with Crippen molar-refractivity contribution in [3.8, 4) is 5.75 Å². The summed E-state index contributed by atoms with van der Waals surface area (Å²) in [6.07, 6.45) is 0. The second kappa shape index (κ2) is 5.01. The molecule has 16 heavy (non-hydrogen) atoms. The summed E-state index contributed by atoms with van der Waals surface area (Å²) in [5.41, 5.74) is 0.624. The van der Waals surface area contributed by atoms with Crippen molar-refractivity contribution >= 4 is 5.97 Å². The molecule has 3 nitrogen and oxygen atoms in total. The zero-order chi connectivity index (χ0) is 12.2. The van der Waals surface area contributed by atoms with Gasteiger partial charge in [-0.3, -0.25) is 4.79 Å². The van der Waals surface area contributed by atoms with Crippen LogP contribution in [0.2, 0.25) is 0 Å². The van der Waals surface area contributed by atoms with Gasteiger partial charge in [-0.1, -0.05) is 18.2 Å². The maximum atomic E-state index is 10.8. The lowest BCUT2D eigenvalue weighted by molar-refractivity contribution is -0.142. The van der Waals surface area contributed by atoms with E-state index in [0.29, 0.717) is 0 Å². The van der Waals surface area contributed by atoms with E-state index in [0.717, 1.165) is 11.3 Å². The van der Waals surface area contributed by atoms with Gasteiger partial charge in [0.1, 0.15) is 18.0 Å². The highest BCUT2D eigenvalue weighted by Gasteiger charge is 2.14. The molecule has 0 bridgehead atoms. The van der Waals surface area contributed by atoms with E-state index < -0.39 is 0 Å². The van der Waals surface area contributed by atoms with Crippen LogP contribution in [0, 0.1) is 0 Å². The van der Waals surface area contributed by atoms with Crippen molar-refractivity contribution in [3.05, 3.63) is 29.8 Å². The van der Waals surface area contributed by atoms with Crippen molar-refractivity contribution in [2.24, 2.45) is 0 Å². The molecule has 0 saturated heterocycles. The van der Waals surface area contributed by atoms with Gasteiger partial charge in [0.2, 0.25) is 0 Å². The highest BCUT2D eigenvalue weighted by Crippen LogP contribution is 2.23. The summed E-state index contributed by atoms with van der Waals surface area (Å²) in [5, 5.41) is 0. The van der Waals surface area contributed by atoms with Gasteiger partial charge in [0.15, 0.2) is 0 Å². The van der Waals surface area contributed by atoms with E-state index in [4.69, 9.17) is 9.47 Å². The van der Waals surface area contributed by atoms with Crippen molar-refractivity contribution in [1.82, 2.24) is 0 Å². The lowest BCUT2D eigenvalue weighted by atomic mass is 10.1. The summed E-state index contributed by atoms with van der Waals surface area (Å²) in [6.45, 7) is 7.59. The first-order chi connectivity index (χ1) is 7.38. The molecular formula is C13H18O3. The van der Waals surface area contributed by atoms with Gasteiger partial charge in [0.25, 0.3) is 0 Å². The standard InChI is InChI=1S/C13H18O3/c1-10(14)15-9-11-7-5-6-8-12(11)16-13(2,3)4/h5-8H,9H2,1-4H3. The van der Waals surface area contributed by atoms with Crippen LogP contribution in [0.3, 0.4) is 0 Å². The Labute approximate surface area is 96.4 Å². The summed E-state index contributed by atoms with van der Waals surface area (Å²) in [7, 11) is 0. The van der Waals surface area contributed by atoms with Crippen molar-refractivity contribution in [1.29, 1.82) is 0 Å². The Morgan fingerprint density at radius 3 is 2.44 bits per heavy atom. The van der Waals surface area contributed by atoms with Crippen molar-refractivity contribution in [3.63, 3.8) is 0 Å². The Bertz CT molecular complexity index is 364. The Morgan fingerprint density at radius 2 is 1.88 bits per heavy atom. The zero-order valence-corrected chi connectivity index (χ0v) is 10.2. The van der Waals surface area contributed by atoms with Gasteiger partial charge < -0.3 is 9.47 Å². The normalized spacial score (nSPS) is 11.0. The fourth-order valence-corrected chi connectivity index (χ4v) is 1.23. The Kier molecular flexibility index (Phi) is 3.93. The van der Waals surface area contributed by atoms with Gasteiger partial charge in [-0.2, -0.15) is 0 Å². The monoisotopic (exact) mass is 222 g/mol. The molecule has 0 aromatic heterocycles. The maximum absolute atomic E-state index is 10.8. The van der Waals surface area contributed by atoms with Gasteiger partial charge in [0, 0.05) is 12.5 Å². The van der Waals surface area contributed by atoms with Gasteiger partial charge >= 0.3 is 5.97 Å². The molecule has 1 rings (SSSR count). The van der Waals surface area contributed by atoms with E-state index >= 15 is 0 Å². The fraction of sp³-hybridized carbons (Fsp3) is 0.462.